The van der Waals surface area contributed by atoms with Crippen LogP contribution in [0.3, 0.4) is 0 Å². The van der Waals surface area contributed by atoms with Gasteiger partial charge in [-0.3, -0.25) is 4.98 Å². The zero-order valence-corrected chi connectivity index (χ0v) is 12.5. The predicted octanol–water partition coefficient (Wildman–Crippen LogP) is 3.25. The fraction of sp³-hybridized carbons (Fsp3) is 0.375. The van der Waals surface area contributed by atoms with Crippen LogP contribution in [0.5, 0.6) is 0 Å². The van der Waals surface area contributed by atoms with E-state index < -0.39 is 0 Å². The molecule has 20 heavy (non-hydrogen) atoms. The molecule has 0 bridgehead atoms. The third-order valence-corrected chi connectivity index (χ3v) is 4.32. The van der Waals surface area contributed by atoms with E-state index in [0.717, 1.165) is 28.7 Å². The SMILES string of the molecule is CC1CCCCN1c1c(C(N)=S)cnc2ccccc12. The second-order valence-electron chi connectivity index (χ2n) is 5.44. The molecule has 0 saturated carbocycles. The molecule has 0 radical (unpaired) electrons. The van der Waals surface area contributed by atoms with Crippen molar-refractivity contribution in [1.82, 2.24) is 4.98 Å². The number of hydrogen-bond donors (Lipinski definition) is 1. The molecule has 2 N–H and O–H groups in total. The van der Waals surface area contributed by atoms with Gasteiger partial charge in [0.25, 0.3) is 0 Å². The molecule has 3 nitrogen and oxygen atoms in total. The monoisotopic (exact) mass is 285 g/mol. The molecule has 1 aromatic carbocycles. The number of thiocarbonyl (C=S) groups is 1. The summed E-state index contributed by atoms with van der Waals surface area (Å²) >= 11 is 5.23. The Morgan fingerprint density at radius 2 is 2.15 bits per heavy atom. The molecule has 1 aromatic heterocycles. The fourth-order valence-corrected chi connectivity index (χ4v) is 3.20. The molecule has 2 heterocycles. The Labute approximate surface area is 124 Å². The minimum atomic E-state index is 0.427. The van der Waals surface area contributed by atoms with Gasteiger partial charge in [-0.25, -0.2) is 0 Å². The van der Waals surface area contributed by atoms with Crippen LogP contribution in [0.4, 0.5) is 5.69 Å². The summed E-state index contributed by atoms with van der Waals surface area (Å²) in [5.41, 5.74) is 8.98. The number of fused-ring (bicyclic) bond motifs is 1. The van der Waals surface area contributed by atoms with Crippen LogP contribution in [-0.4, -0.2) is 22.6 Å². The Bertz CT molecular complexity index is 653. The highest BCUT2D eigenvalue weighted by atomic mass is 32.1. The molecule has 4 heteroatoms. The molecule has 3 rings (SSSR count). The molecule has 1 unspecified atom stereocenters. The first-order valence-electron chi connectivity index (χ1n) is 7.12. The molecule has 0 aliphatic carbocycles. The first-order valence-corrected chi connectivity index (χ1v) is 7.53. The van der Waals surface area contributed by atoms with Crippen molar-refractivity contribution in [2.75, 3.05) is 11.4 Å². The minimum Gasteiger partial charge on any atom is -0.389 e. The summed E-state index contributed by atoms with van der Waals surface area (Å²) in [6, 6.07) is 8.73. The Morgan fingerprint density at radius 3 is 2.90 bits per heavy atom. The van der Waals surface area contributed by atoms with Crippen LogP contribution < -0.4 is 10.6 Å². The van der Waals surface area contributed by atoms with E-state index in [1.54, 1.807) is 0 Å². The van der Waals surface area contributed by atoms with Crippen molar-refractivity contribution in [2.24, 2.45) is 5.73 Å². The van der Waals surface area contributed by atoms with Crippen molar-refractivity contribution in [1.29, 1.82) is 0 Å². The molecule has 104 valence electrons. The second-order valence-corrected chi connectivity index (χ2v) is 5.88. The molecule has 2 aromatic rings. The normalized spacial score (nSPS) is 19.2. The van der Waals surface area contributed by atoms with Gasteiger partial charge in [0, 0.05) is 24.2 Å². The molecule has 1 fully saturated rings. The van der Waals surface area contributed by atoms with E-state index in [4.69, 9.17) is 18.0 Å². The summed E-state index contributed by atoms with van der Waals surface area (Å²) in [6.45, 7) is 3.34. The van der Waals surface area contributed by atoms with Crippen LogP contribution in [0.25, 0.3) is 10.9 Å². The van der Waals surface area contributed by atoms with Gasteiger partial charge < -0.3 is 10.6 Å². The maximum atomic E-state index is 5.92. The predicted molar refractivity (Wildman–Crippen MR) is 88.3 cm³/mol. The summed E-state index contributed by atoms with van der Waals surface area (Å²) in [4.78, 5) is 7.36. The number of pyridine rings is 1. The van der Waals surface area contributed by atoms with Gasteiger partial charge in [0.15, 0.2) is 0 Å². The first kappa shape index (κ1) is 13.3. The van der Waals surface area contributed by atoms with E-state index in [0.29, 0.717) is 11.0 Å². The summed E-state index contributed by atoms with van der Waals surface area (Å²) in [5.74, 6) is 0. The molecule has 1 aliphatic rings. The van der Waals surface area contributed by atoms with Crippen LogP contribution in [-0.2, 0) is 0 Å². The van der Waals surface area contributed by atoms with Crippen LogP contribution in [0.15, 0.2) is 30.5 Å². The molecule has 0 amide bonds. The number of aromatic nitrogens is 1. The number of piperidine rings is 1. The molecule has 1 atom stereocenters. The van der Waals surface area contributed by atoms with Gasteiger partial charge in [0.2, 0.25) is 0 Å². The zero-order chi connectivity index (χ0) is 14.1. The standard InChI is InChI=1S/C16H19N3S/c1-11-6-4-5-9-19(11)15-12-7-2-3-8-14(12)18-10-13(15)16(17)20/h2-3,7-8,10-11H,4-6,9H2,1H3,(H2,17,20). The summed E-state index contributed by atoms with van der Waals surface area (Å²) in [7, 11) is 0. The number of para-hydroxylation sites is 1. The smallest absolute Gasteiger partial charge is 0.107 e. The minimum absolute atomic E-state index is 0.427. The van der Waals surface area contributed by atoms with Gasteiger partial charge >= 0.3 is 0 Å². The summed E-state index contributed by atoms with van der Waals surface area (Å²) in [5, 5.41) is 1.14. The van der Waals surface area contributed by atoms with Gasteiger partial charge in [0.1, 0.15) is 4.99 Å². The Morgan fingerprint density at radius 1 is 1.35 bits per heavy atom. The summed E-state index contributed by atoms with van der Waals surface area (Å²) < 4.78 is 0. The topological polar surface area (TPSA) is 42.1 Å². The quantitative estimate of drug-likeness (QED) is 0.860. The zero-order valence-electron chi connectivity index (χ0n) is 11.7. The number of benzene rings is 1. The van der Waals surface area contributed by atoms with Crippen LogP contribution in [0, 0.1) is 0 Å². The number of anilines is 1. The lowest BCUT2D eigenvalue weighted by Crippen LogP contribution is -2.38. The largest absolute Gasteiger partial charge is 0.389 e. The Balaban J connectivity index is 2.24. The number of rotatable bonds is 2. The van der Waals surface area contributed by atoms with Gasteiger partial charge in [-0.2, -0.15) is 0 Å². The third-order valence-electron chi connectivity index (χ3n) is 4.10. The van der Waals surface area contributed by atoms with Crippen LogP contribution >= 0.6 is 12.2 Å². The van der Waals surface area contributed by atoms with E-state index >= 15 is 0 Å². The van der Waals surface area contributed by atoms with Gasteiger partial charge in [0.05, 0.1) is 16.8 Å². The number of nitrogens with two attached hydrogens (primary N) is 1. The highest BCUT2D eigenvalue weighted by Crippen LogP contribution is 2.33. The van der Waals surface area contributed by atoms with Crippen molar-refractivity contribution in [3.63, 3.8) is 0 Å². The van der Waals surface area contributed by atoms with Crippen molar-refractivity contribution in [3.8, 4) is 0 Å². The molecule has 1 aliphatic heterocycles. The van der Waals surface area contributed by atoms with E-state index in [1.807, 2.05) is 24.4 Å². The molecule has 0 spiro atoms. The first-order chi connectivity index (χ1) is 9.68. The maximum Gasteiger partial charge on any atom is 0.107 e. The summed E-state index contributed by atoms with van der Waals surface area (Å²) in [6.07, 6.45) is 5.55. The van der Waals surface area contributed by atoms with Crippen molar-refractivity contribution in [2.45, 2.75) is 32.2 Å². The number of nitrogens with zero attached hydrogens (tertiary/aromatic N) is 2. The van der Waals surface area contributed by atoms with Crippen molar-refractivity contribution >= 4 is 33.8 Å². The average Bonchev–Trinajstić information content (AvgIpc) is 2.46. The lowest BCUT2D eigenvalue weighted by Gasteiger charge is -2.37. The second kappa shape index (κ2) is 5.37. The van der Waals surface area contributed by atoms with Gasteiger partial charge in [-0.1, -0.05) is 30.4 Å². The highest BCUT2D eigenvalue weighted by Gasteiger charge is 2.23. The van der Waals surface area contributed by atoms with E-state index in [-0.39, 0.29) is 0 Å². The maximum absolute atomic E-state index is 5.92. The molecule has 1 saturated heterocycles. The molecular weight excluding hydrogens is 266 g/mol. The fourth-order valence-electron chi connectivity index (χ4n) is 3.05. The van der Waals surface area contributed by atoms with Gasteiger partial charge in [-0.05, 0) is 32.3 Å². The van der Waals surface area contributed by atoms with Crippen LogP contribution in [0.1, 0.15) is 31.7 Å². The lowest BCUT2D eigenvalue weighted by atomic mass is 9.99. The Hall–Kier alpha value is -1.68. The van der Waals surface area contributed by atoms with E-state index in [2.05, 4.69) is 22.9 Å². The molecular formula is C16H19N3S. The average molecular weight is 285 g/mol. The van der Waals surface area contributed by atoms with Crippen molar-refractivity contribution < 1.29 is 0 Å². The van der Waals surface area contributed by atoms with E-state index in [1.165, 1.54) is 19.3 Å². The van der Waals surface area contributed by atoms with E-state index in [9.17, 15) is 0 Å². The Kier molecular flexibility index (Phi) is 3.57. The number of hydrogen-bond acceptors (Lipinski definition) is 3. The lowest BCUT2D eigenvalue weighted by molar-refractivity contribution is 0.485. The third kappa shape index (κ3) is 2.24. The van der Waals surface area contributed by atoms with Crippen molar-refractivity contribution in [3.05, 3.63) is 36.0 Å². The van der Waals surface area contributed by atoms with Gasteiger partial charge in [-0.15, -0.1) is 0 Å². The highest BCUT2D eigenvalue weighted by molar-refractivity contribution is 7.80. The van der Waals surface area contributed by atoms with Crippen LogP contribution in [0.2, 0.25) is 0 Å².